The molecule has 0 aromatic carbocycles. The summed E-state index contributed by atoms with van der Waals surface area (Å²) < 4.78 is 53.8. The number of phosphoric ester groups is 1. The maximum atomic E-state index is 12.8. The fourth-order valence-electron chi connectivity index (χ4n) is 2.04. The highest BCUT2D eigenvalue weighted by molar-refractivity contribution is 7.80. The molecule has 0 aromatic heterocycles. The van der Waals surface area contributed by atoms with Crippen molar-refractivity contribution in [3.05, 3.63) is 0 Å². The molecule has 2 aliphatic rings. The number of thiol groups is 1. The molecular weight excluding hydrogens is 335 g/mol. The molecule has 10 heteroatoms. The lowest BCUT2D eigenvalue weighted by Crippen LogP contribution is -2.29. The minimum Gasteiger partial charge on any atom is -0.394 e. The molecule has 2 N–H and O–H groups in total. The first-order valence-corrected chi connectivity index (χ1v) is 9.09. The van der Waals surface area contributed by atoms with Crippen LogP contribution in [0.4, 0.5) is 0 Å². The number of rotatable bonds is 9. The van der Waals surface area contributed by atoms with Crippen molar-refractivity contribution in [3.63, 3.8) is 0 Å². The first-order valence-electron chi connectivity index (χ1n) is 8.15. The normalized spacial score (nSPS) is 42.9. The van der Waals surface area contributed by atoms with Crippen molar-refractivity contribution >= 4 is 20.5 Å². The van der Waals surface area contributed by atoms with Crippen molar-refractivity contribution < 1.29 is 40.6 Å². The Morgan fingerprint density at radius 2 is 2.00 bits per heavy atom. The fraction of sp³-hybridized carbons (Fsp3) is 1.00. The first-order chi connectivity index (χ1) is 11.4. The molecule has 0 amide bonds. The molecule has 2 aliphatic heterocycles. The van der Waals surface area contributed by atoms with E-state index < -0.39 is 52.0 Å². The Kier molecular flexibility index (Phi) is 6.44. The SMILES string of the molecule is [3H][C@H]1C[C@@H](O)[C@@H](CO[P@](=O)(OCCS)O[C@@H]2C[C@H]([3H])O[C@@H]2CO)O1. The minimum atomic E-state index is -4.04. The monoisotopic (exact) mass is 362 g/mol. The summed E-state index contributed by atoms with van der Waals surface area (Å²) in [6.07, 6.45) is -3.07. The van der Waals surface area contributed by atoms with E-state index in [2.05, 4.69) is 12.6 Å². The fourth-order valence-corrected chi connectivity index (χ4v) is 3.67. The summed E-state index contributed by atoms with van der Waals surface area (Å²) in [6, 6.07) is 0. The van der Waals surface area contributed by atoms with E-state index in [9.17, 15) is 14.8 Å². The third kappa shape index (κ3) is 5.15. The Morgan fingerprint density at radius 3 is 2.64 bits per heavy atom. The zero-order valence-corrected chi connectivity index (χ0v) is 13.7. The van der Waals surface area contributed by atoms with Gasteiger partial charge >= 0.3 is 7.82 Å². The van der Waals surface area contributed by atoms with Gasteiger partial charge in [-0.05, 0) is 6.42 Å². The largest absolute Gasteiger partial charge is 0.475 e. The molecule has 0 unspecified atom stereocenters. The number of aliphatic hydroxyl groups is 2. The minimum absolute atomic E-state index is 0.00277. The van der Waals surface area contributed by atoms with E-state index in [4.69, 9.17) is 25.8 Å². The van der Waals surface area contributed by atoms with Crippen LogP contribution >= 0.6 is 20.5 Å². The van der Waals surface area contributed by atoms with Crippen molar-refractivity contribution in [2.75, 3.05) is 38.7 Å². The molecule has 2 fully saturated rings. The van der Waals surface area contributed by atoms with Gasteiger partial charge in [0.25, 0.3) is 0 Å². The van der Waals surface area contributed by atoms with Crippen LogP contribution < -0.4 is 0 Å². The molecule has 0 radical (unpaired) electrons. The van der Waals surface area contributed by atoms with Gasteiger partial charge in [0.05, 0.1) is 28.7 Å². The van der Waals surface area contributed by atoms with Gasteiger partial charge in [0, 0.05) is 25.3 Å². The van der Waals surface area contributed by atoms with E-state index in [1.807, 2.05) is 0 Å². The van der Waals surface area contributed by atoms with Gasteiger partial charge in [0.15, 0.2) is 0 Å². The second-order valence-electron chi connectivity index (χ2n) is 4.85. The van der Waals surface area contributed by atoms with E-state index in [1.165, 1.54) is 0 Å². The number of hydrogen-bond donors (Lipinski definition) is 3. The molecule has 2 saturated heterocycles. The number of aliphatic hydroxyl groups excluding tert-OH is 2. The van der Waals surface area contributed by atoms with Crippen molar-refractivity contribution in [1.29, 1.82) is 0 Å². The summed E-state index contributed by atoms with van der Waals surface area (Å²) >= 11 is 3.97. The highest BCUT2D eigenvalue weighted by Gasteiger charge is 2.39. The van der Waals surface area contributed by atoms with Crippen LogP contribution in [0.15, 0.2) is 0 Å². The molecule has 0 aliphatic carbocycles. The Balaban J connectivity index is 1.96. The summed E-state index contributed by atoms with van der Waals surface area (Å²) in [5.41, 5.74) is 0. The standard InChI is InChI=1S/C12H23O8PS/c13-7-11-10(2-4-16-11)20-21(15,18-5-6-22)19-8-12-9(14)1-3-17-12/h9-14,22H,1-8H2/t9-,10-,11-,12-,21+/m1/s1/i3T,4T/t3-,4-,9+,10+,11+,12+,21-/m0. The Morgan fingerprint density at radius 1 is 1.27 bits per heavy atom. The van der Waals surface area contributed by atoms with E-state index in [0.29, 0.717) is 0 Å². The van der Waals surface area contributed by atoms with Crippen LogP contribution in [0, 0.1) is 0 Å². The predicted octanol–water partition coefficient (Wildman–Crippen LogP) is 0.374. The van der Waals surface area contributed by atoms with Crippen LogP contribution in [0.5, 0.6) is 0 Å². The lowest BCUT2D eigenvalue weighted by atomic mass is 10.2. The van der Waals surface area contributed by atoms with Gasteiger partial charge in [0.1, 0.15) is 18.3 Å². The summed E-state index contributed by atoms with van der Waals surface area (Å²) in [5, 5.41) is 19.0. The Hall–Kier alpha value is 0.300. The van der Waals surface area contributed by atoms with Gasteiger partial charge in [-0.2, -0.15) is 12.6 Å². The third-order valence-electron chi connectivity index (χ3n) is 3.23. The molecular formula is C12H23O8PS. The molecule has 130 valence electrons. The molecule has 2 rings (SSSR count). The van der Waals surface area contributed by atoms with Crippen LogP contribution in [0.25, 0.3) is 0 Å². The zero-order valence-electron chi connectivity index (χ0n) is 13.9. The molecule has 7 atom stereocenters. The molecule has 0 aromatic rings. The van der Waals surface area contributed by atoms with Gasteiger partial charge in [-0.15, -0.1) is 0 Å². The Labute approximate surface area is 137 Å². The third-order valence-corrected chi connectivity index (χ3v) is 4.91. The predicted molar refractivity (Wildman–Crippen MR) is 80.0 cm³/mol. The van der Waals surface area contributed by atoms with Crippen LogP contribution in [0.2, 0.25) is 0 Å². The topological polar surface area (TPSA) is 104 Å². The summed E-state index contributed by atoms with van der Waals surface area (Å²) in [4.78, 5) is 0. The van der Waals surface area contributed by atoms with Gasteiger partial charge in [-0.25, -0.2) is 4.57 Å². The number of hydrogen-bond acceptors (Lipinski definition) is 9. The van der Waals surface area contributed by atoms with Gasteiger partial charge in [-0.1, -0.05) is 0 Å². The molecule has 0 saturated carbocycles. The highest BCUT2D eigenvalue weighted by Crippen LogP contribution is 2.52. The maximum absolute atomic E-state index is 12.8. The van der Waals surface area contributed by atoms with Crippen molar-refractivity contribution in [2.45, 2.75) is 37.3 Å². The average Bonchev–Trinajstić information content (AvgIpc) is 3.04. The van der Waals surface area contributed by atoms with E-state index >= 15 is 0 Å². The average molecular weight is 362 g/mol. The van der Waals surface area contributed by atoms with E-state index in [-0.39, 0.29) is 31.8 Å². The van der Waals surface area contributed by atoms with Gasteiger partial charge in [0.2, 0.25) is 0 Å². The summed E-state index contributed by atoms with van der Waals surface area (Å²) in [6.45, 7) is -2.43. The first kappa shape index (κ1) is 15.8. The molecule has 0 bridgehead atoms. The number of phosphoric acid groups is 1. The van der Waals surface area contributed by atoms with Crippen LogP contribution in [-0.4, -0.2) is 73.4 Å². The van der Waals surface area contributed by atoms with Gasteiger partial charge < -0.3 is 19.7 Å². The molecule has 0 spiro atoms. The highest BCUT2D eigenvalue weighted by atomic mass is 32.1. The lowest BCUT2D eigenvalue weighted by molar-refractivity contribution is -0.0238. The quantitative estimate of drug-likeness (QED) is 0.399. The van der Waals surface area contributed by atoms with Crippen molar-refractivity contribution in [3.8, 4) is 0 Å². The second kappa shape index (κ2) is 8.96. The smallest absolute Gasteiger partial charge is 0.394 e. The molecule has 22 heavy (non-hydrogen) atoms. The second-order valence-corrected chi connectivity index (χ2v) is 6.92. The maximum Gasteiger partial charge on any atom is 0.475 e. The zero-order chi connectivity index (χ0) is 17.7. The summed E-state index contributed by atoms with van der Waals surface area (Å²) in [5.74, 6) is 0.278. The lowest BCUT2D eigenvalue weighted by Gasteiger charge is -2.24. The van der Waals surface area contributed by atoms with E-state index in [1.54, 1.807) is 0 Å². The van der Waals surface area contributed by atoms with Crippen molar-refractivity contribution in [1.82, 2.24) is 0 Å². The summed E-state index contributed by atoms with van der Waals surface area (Å²) in [7, 11) is -4.04. The number of ether oxygens (including phenoxy) is 2. The molecule has 2 heterocycles. The van der Waals surface area contributed by atoms with E-state index in [0.717, 1.165) is 0 Å². The van der Waals surface area contributed by atoms with Crippen LogP contribution in [0.1, 0.15) is 15.6 Å². The van der Waals surface area contributed by atoms with Crippen molar-refractivity contribution in [2.24, 2.45) is 0 Å². The van der Waals surface area contributed by atoms with Gasteiger partial charge in [-0.3, -0.25) is 13.6 Å². The van der Waals surface area contributed by atoms with Crippen LogP contribution in [0.3, 0.4) is 0 Å². The molecule has 8 nitrogen and oxygen atoms in total. The Bertz CT molecular complexity index is 447. The van der Waals surface area contributed by atoms with Crippen LogP contribution in [-0.2, 0) is 27.6 Å².